The molecule has 1 heterocycles. The number of rotatable bonds is 7. The lowest BCUT2D eigenvalue weighted by atomic mass is 10.2. The second-order valence-corrected chi connectivity index (χ2v) is 5.03. The van der Waals surface area contributed by atoms with Crippen LogP contribution in [-0.2, 0) is 9.53 Å². The van der Waals surface area contributed by atoms with E-state index in [-0.39, 0.29) is 11.4 Å². The van der Waals surface area contributed by atoms with E-state index in [0.717, 1.165) is 0 Å². The number of pyridine rings is 1. The first-order valence-electron chi connectivity index (χ1n) is 7.79. The molecule has 0 aliphatic rings. The number of hydrogen-bond donors (Lipinski definition) is 1. The molecule has 0 aliphatic heterocycles. The average Bonchev–Trinajstić information content (AvgIpc) is 2.62. The average molecular weight is 344 g/mol. The summed E-state index contributed by atoms with van der Waals surface area (Å²) in [6.07, 6.45) is 0.506. The lowest BCUT2D eigenvalue weighted by Gasteiger charge is -2.15. The molecule has 2 rings (SSSR count). The van der Waals surface area contributed by atoms with Gasteiger partial charge in [-0.1, -0.05) is 12.1 Å². The van der Waals surface area contributed by atoms with Crippen molar-refractivity contribution in [1.29, 1.82) is 0 Å². The van der Waals surface area contributed by atoms with Gasteiger partial charge >= 0.3 is 5.97 Å². The van der Waals surface area contributed by atoms with E-state index in [1.165, 1.54) is 26.3 Å². The molecular weight excluding hydrogens is 324 g/mol. The summed E-state index contributed by atoms with van der Waals surface area (Å²) < 4.78 is 15.7. The van der Waals surface area contributed by atoms with Gasteiger partial charge in [0.25, 0.3) is 5.91 Å². The third-order valence-corrected chi connectivity index (χ3v) is 3.29. The molecule has 1 aromatic heterocycles. The van der Waals surface area contributed by atoms with Crippen molar-refractivity contribution in [1.82, 2.24) is 4.98 Å². The maximum absolute atomic E-state index is 12.3. The number of ether oxygens (including phenoxy) is 3. The van der Waals surface area contributed by atoms with Crippen LogP contribution in [0.3, 0.4) is 0 Å². The van der Waals surface area contributed by atoms with Crippen molar-refractivity contribution in [3.05, 3.63) is 48.2 Å². The largest absolute Gasteiger partial charge is 0.495 e. The van der Waals surface area contributed by atoms with E-state index in [1.54, 1.807) is 37.3 Å². The fourth-order valence-electron chi connectivity index (χ4n) is 2.06. The number of benzene rings is 1. The first-order valence-corrected chi connectivity index (χ1v) is 7.79. The van der Waals surface area contributed by atoms with Crippen molar-refractivity contribution >= 4 is 17.6 Å². The van der Waals surface area contributed by atoms with Crippen molar-refractivity contribution in [2.24, 2.45) is 0 Å². The number of esters is 1. The standard InChI is InChI=1S/C18H20N2O5/c1-4-24-17-13(8-7-11-19-17)18(22)25-12(2)16(21)20-14-9-5-6-10-15(14)23-3/h5-12H,4H2,1-3H3,(H,20,21). The summed E-state index contributed by atoms with van der Waals surface area (Å²) in [7, 11) is 1.51. The molecule has 0 saturated heterocycles. The molecular formula is C18H20N2O5. The highest BCUT2D eigenvalue weighted by Crippen LogP contribution is 2.23. The van der Waals surface area contributed by atoms with Crippen molar-refractivity contribution in [2.75, 3.05) is 19.0 Å². The SMILES string of the molecule is CCOc1ncccc1C(=O)OC(C)C(=O)Nc1ccccc1OC. The number of amides is 1. The zero-order chi connectivity index (χ0) is 18.2. The van der Waals surface area contributed by atoms with Gasteiger partial charge in [-0.25, -0.2) is 9.78 Å². The van der Waals surface area contributed by atoms with Crippen LogP contribution in [-0.4, -0.2) is 36.7 Å². The fraction of sp³-hybridized carbons (Fsp3) is 0.278. The Morgan fingerprint density at radius 2 is 1.96 bits per heavy atom. The van der Waals surface area contributed by atoms with Crippen LogP contribution in [0.5, 0.6) is 11.6 Å². The molecule has 1 atom stereocenters. The summed E-state index contributed by atoms with van der Waals surface area (Å²) in [6, 6.07) is 10.1. The number of carbonyl (C=O) groups excluding carboxylic acids is 2. The monoisotopic (exact) mass is 344 g/mol. The smallest absolute Gasteiger partial charge is 0.344 e. The molecule has 0 bridgehead atoms. The fourth-order valence-corrected chi connectivity index (χ4v) is 2.06. The number of anilines is 1. The highest BCUT2D eigenvalue weighted by atomic mass is 16.6. The highest BCUT2D eigenvalue weighted by molar-refractivity contribution is 5.98. The molecule has 7 heteroatoms. The van der Waals surface area contributed by atoms with E-state index in [4.69, 9.17) is 14.2 Å². The van der Waals surface area contributed by atoms with Crippen LogP contribution in [0.2, 0.25) is 0 Å². The zero-order valence-electron chi connectivity index (χ0n) is 14.3. The third kappa shape index (κ3) is 4.69. The Bertz CT molecular complexity index is 748. The molecule has 132 valence electrons. The quantitative estimate of drug-likeness (QED) is 0.777. The number of nitrogens with zero attached hydrogens (tertiary/aromatic N) is 1. The van der Waals surface area contributed by atoms with Crippen LogP contribution in [0.25, 0.3) is 0 Å². The summed E-state index contributed by atoms with van der Waals surface area (Å²) in [6.45, 7) is 3.63. The Labute approximate surface area is 145 Å². The van der Waals surface area contributed by atoms with Gasteiger partial charge in [0.15, 0.2) is 6.10 Å². The molecule has 1 N–H and O–H groups in total. The molecule has 1 amide bonds. The normalized spacial score (nSPS) is 11.3. The van der Waals surface area contributed by atoms with Gasteiger partial charge in [-0.3, -0.25) is 4.79 Å². The second-order valence-electron chi connectivity index (χ2n) is 5.03. The van der Waals surface area contributed by atoms with Crippen LogP contribution in [0, 0.1) is 0 Å². The molecule has 0 radical (unpaired) electrons. The molecule has 25 heavy (non-hydrogen) atoms. The minimum Gasteiger partial charge on any atom is -0.495 e. The first-order chi connectivity index (χ1) is 12.1. The number of aromatic nitrogens is 1. The minimum atomic E-state index is -1.01. The minimum absolute atomic E-state index is 0.168. The number of carbonyl (C=O) groups is 2. The predicted molar refractivity (Wildman–Crippen MR) is 91.9 cm³/mol. The van der Waals surface area contributed by atoms with E-state index in [0.29, 0.717) is 18.0 Å². The Balaban J connectivity index is 2.05. The molecule has 0 saturated carbocycles. The molecule has 1 aromatic carbocycles. The number of methoxy groups -OCH3 is 1. The van der Waals surface area contributed by atoms with E-state index in [2.05, 4.69) is 10.3 Å². The summed E-state index contributed by atoms with van der Waals surface area (Å²) >= 11 is 0. The van der Waals surface area contributed by atoms with Gasteiger partial charge in [-0.15, -0.1) is 0 Å². The molecule has 0 fully saturated rings. The van der Waals surface area contributed by atoms with Crippen LogP contribution < -0.4 is 14.8 Å². The summed E-state index contributed by atoms with van der Waals surface area (Å²) in [5.74, 6) is -0.466. The Hall–Kier alpha value is -3.09. The maximum Gasteiger partial charge on any atom is 0.344 e. The van der Waals surface area contributed by atoms with Gasteiger partial charge in [-0.2, -0.15) is 0 Å². The Morgan fingerprint density at radius 3 is 2.68 bits per heavy atom. The van der Waals surface area contributed by atoms with E-state index >= 15 is 0 Å². The van der Waals surface area contributed by atoms with Gasteiger partial charge < -0.3 is 19.5 Å². The number of nitrogens with one attached hydrogen (secondary N) is 1. The molecule has 1 unspecified atom stereocenters. The number of hydrogen-bond acceptors (Lipinski definition) is 6. The lowest BCUT2D eigenvalue weighted by Crippen LogP contribution is -2.30. The van der Waals surface area contributed by atoms with Gasteiger partial charge in [0, 0.05) is 6.20 Å². The second kappa shape index (κ2) is 8.68. The topological polar surface area (TPSA) is 86.8 Å². The Morgan fingerprint density at radius 1 is 1.20 bits per heavy atom. The predicted octanol–water partition coefficient (Wildman–Crippen LogP) is 2.67. The third-order valence-electron chi connectivity index (χ3n) is 3.29. The summed E-state index contributed by atoms with van der Waals surface area (Å²) in [5, 5.41) is 2.67. The van der Waals surface area contributed by atoms with Crippen LogP contribution in [0.1, 0.15) is 24.2 Å². The summed E-state index contributed by atoms with van der Waals surface area (Å²) in [5.41, 5.74) is 0.663. The van der Waals surface area contributed by atoms with Gasteiger partial charge in [0.1, 0.15) is 11.3 Å². The van der Waals surface area contributed by atoms with E-state index in [9.17, 15) is 9.59 Å². The first kappa shape index (κ1) is 18.3. The Kier molecular flexibility index (Phi) is 6.33. The van der Waals surface area contributed by atoms with Gasteiger partial charge in [-0.05, 0) is 38.1 Å². The van der Waals surface area contributed by atoms with Crippen LogP contribution in [0.15, 0.2) is 42.6 Å². The van der Waals surface area contributed by atoms with Crippen molar-refractivity contribution < 1.29 is 23.8 Å². The molecule has 0 spiro atoms. The lowest BCUT2D eigenvalue weighted by molar-refractivity contribution is -0.123. The molecule has 2 aromatic rings. The van der Waals surface area contributed by atoms with Crippen LogP contribution >= 0.6 is 0 Å². The number of para-hydroxylation sites is 2. The molecule has 7 nitrogen and oxygen atoms in total. The highest BCUT2D eigenvalue weighted by Gasteiger charge is 2.22. The van der Waals surface area contributed by atoms with E-state index in [1.807, 2.05) is 0 Å². The van der Waals surface area contributed by atoms with Gasteiger partial charge in [0.2, 0.25) is 5.88 Å². The van der Waals surface area contributed by atoms with Gasteiger partial charge in [0.05, 0.1) is 19.4 Å². The molecule has 0 aliphatic carbocycles. The van der Waals surface area contributed by atoms with Crippen molar-refractivity contribution in [3.63, 3.8) is 0 Å². The zero-order valence-corrected chi connectivity index (χ0v) is 14.3. The summed E-state index contributed by atoms with van der Waals surface area (Å²) in [4.78, 5) is 28.5. The van der Waals surface area contributed by atoms with Crippen molar-refractivity contribution in [2.45, 2.75) is 20.0 Å². The van der Waals surface area contributed by atoms with Crippen LogP contribution in [0.4, 0.5) is 5.69 Å². The maximum atomic E-state index is 12.3. The van der Waals surface area contributed by atoms with Crippen molar-refractivity contribution in [3.8, 4) is 11.6 Å². The van der Waals surface area contributed by atoms with E-state index < -0.39 is 18.0 Å².